The zero-order chi connectivity index (χ0) is 26.5. The number of amides is 3. The van der Waals surface area contributed by atoms with Gasteiger partial charge in [0.25, 0.3) is 0 Å². The molecule has 1 aliphatic carbocycles. The number of hydrogen-bond donors (Lipinski definition) is 1. The number of fused-ring (bicyclic) bond motifs is 2. The van der Waals surface area contributed by atoms with Crippen LogP contribution in [0.3, 0.4) is 0 Å². The average Bonchev–Trinajstić information content (AvgIpc) is 3.06. The molecule has 3 aliphatic rings. The maximum Gasteiger partial charge on any atom is 0.314 e. The number of carbonyl (C=O) groups excluding carboxylic acids is 2. The number of piperidine rings is 2. The van der Waals surface area contributed by atoms with Crippen molar-refractivity contribution in [3.63, 3.8) is 0 Å². The number of halogens is 2. The van der Waals surface area contributed by atoms with Gasteiger partial charge >= 0.3 is 6.03 Å². The van der Waals surface area contributed by atoms with Crippen LogP contribution in [0.15, 0.2) is 34.9 Å². The molecule has 6 nitrogen and oxygen atoms in total. The van der Waals surface area contributed by atoms with Crippen LogP contribution in [0.2, 0.25) is 5.02 Å². The molecule has 1 aromatic carbocycles. The Hall–Kier alpha value is -2.12. The molecule has 3 amide bonds. The van der Waals surface area contributed by atoms with Gasteiger partial charge in [-0.1, -0.05) is 31.5 Å². The van der Waals surface area contributed by atoms with Crippen molar-refractivity contribution in [2.24, 2.45) is 17.6 Å². The summed E-state index contributed by atoms with van der Waals surface area (Å²) in [4.78, 5) is 33.1. The number of rotatable bonds is 3. The van der Waals surface area contributed by atoms with Gasteiger partial charge in [-0.15, -0.1) is 0 Å². The second-order valence-electron chi connectivity index (χ2n) is 10.2. The van der Waals surface area contributed by atoms with Gasteiger partial charge in [-0.3, -0.25) is 9.78 Å². The molecule has 5 rings (SSSR count). The Morgan fingerprint density at radius 1 is 1.00 bits per heavy atom. The van der Waals surface area contributed by atoms with Crippen molar-refractivity contribution in [1.82, 2.24) is 14.8 Å². The molecule has 2 N–H and O–H groups in total. The van der Waals surface area contributed by atoms with Gasteiger partial charge in [-0.05, 0) is 101 Å². The lowest BCUT2D eigenvalue weighted by Gasteiger charge is -2.38. The van der Waals surface area contributed by atoms with Gasteiger partial charge in [-0.2, -0.15) is 0 Å². The zero-order valence-corrected chi connectivity index (χ0v) is 24.2. The highest BCUT2D eigenvalue weighted by Gasteiger charge is 2.35. The van der Waals surface area contributed by atoms with Crippen LogP contribution in [0.4, 0.5) is 4.79 Å². The first-order valence-corrected chi connectivity index (χ1v) is 14.8. The molecule has 1 aromatic heterocycles. The van der Waals surface area contributed by atoms with Crippen LogP contribution < -0.4 is 5.73 Å². The summed E-state index contributed by atoms with van der Waals surface area (Å²) in [5.41, 5.74) is 10.5. The van der Waals surface area contributed by atoms with Crippen molar-refractivity contribution in [3.8, 4) is 0 Å². The predicted octanol–water partition coefficient (Wildman–Crippen LogP) is 6.17. The summed E-state index contributed by atoms with van der Waals surface area (Å²) in [6.45, 7) is 6.88. The summed E-state index contributed by atoms with van der Waals surface area (Å²) in [7, 11) is 0. The van der Waals surface area contributed by atoms with Crippen LogP contribution in [-0.2, 0) is 17.6 Å². The van der Waals surface area contributed by atoms with E-state index in [2.05, 4.69) is 34.1 Å². The number of aromatic nitrogens is 1. The first-order valence-electron chi connectivity index (χ1n) is 13.6. The van der Waals surface area contributed by atoms with Crippen molar-refractivity contribution in [2.45, 2.75) is 64.7 Å². The van der Waals surface area contributed by atoms with Gasteiger partial charge in [0.2, 0.25) is 5.91 Å². The molecule has 0 bridgehead atoms. The van der Waals surface area contributed by atoms with E-state index < -0.39 is 0 Å². The smallest absolute Gasteiger partial charge is 0.314 e. The third-order valence-corrected chi connectivity index (χ3v) is 8.79. The number of likely N-dealkylation sites (tertiary alicyclic amines) is 2. The molecule has 2 saturated heterocycles. The van der Waals surface area contributed by atoms with E-state index in [0.29, 0.717) is 31.3 Å². The van der Waals surface area contributed by atoms with E-state index in [1.807, 2.05) is 31.0 Å². The molecule has 2 aliphatic heterocycles. The third-order valence-electron chi connectivity index (χ3n) is 8.12. The van der Waals surface area contributed by atoms with E-state index in [9.17, 15) is 9.59 Å². The number of carbonyl (C=O) groups is 2. The first-order chi connectivity index (χ1) is 17.9. The van der Waals surface area contributed by atoms with E-state index in [-0.39, 0.29) is 17.9 Å². The number of hydrogen-bond acceptors (Lipinski definition) is 3. The van der Waals surface area contributed by atoms with E-state index in [1.54, 1.807) is 4.90 Å². The van der Waals surface area contributed by atoms with Gasteiger partial charge in [0.15, 0.2) is 0 Å². The van der Waals surface area contributed by atoms with E-state index in [1.165, 1.54) is 22.4 Å². The van der Waals surface area contributed by atoms with Crippen LogP contribution in [0, 0.1) is 11.8 Å². The predicted molar refractivity (Wildman–Crippen MR) is 152 cm³/mol. The van der Waals surface area contributed by atoms with Crippen LogP contribution in [-0.4, -0.2) is 52.9 Å². The largest absolute Gasteiger partial charge is 0.351 e. The maximum atomic E-state index is 13.1. The number of urea groups is 1. The Morgan fingerprint density at radius 3 is 2.32 bits per heavy atom. The van der Waals surface area contributed by atoms with Gasteiger partial charge in [0.1, 0.15) is 0 Å². The minimum atomic E-state index is -0.359. The van der Waals surface area contributed by atoms with Gasteiger partial charge < -0.3 is 15.5 Å². The van der Waals surface area contributed by atoms with E-state index in [0.717, 1.165) is 61.1 Å². The van der Waals surface area contributed by atoms with Gasteiger partial charge in [0.05, 0.1) is 5.69 Å². The quantitative estimate of drug-likeness (QED) is 0.465. The fraction of sp³-hybridized carbons (Fsp3) is 0.552. The lowest BCUT2D eigenvalue weighted by Crippen LogP contribution is -2.44. The third kappa shape index (κ3) is 6.48. The molecule has 37 heavy (non-hydrogen) atoms. The minimum absolute atomic E-state index is 0.225. The van der Waals surface area contributed by atoms with Gasteiger partial charge in [-0.25, -0.2) is 4.79 Å². The lowest BCUT2D eigenvalue weighted by molar-refractivity contribution is -0.134. The van der Waals surface area contributed by atoms with Gasteiger partial charge in [0, 0.05) is 54.2 Å². The molecule has 3 heterocycles. The molecule has 200 valence electrons. The number of primary amides is 1. The molecule has 0 radical (unpaired) electrons. The van der Waals surface area contributed by atoms with Crippen molar-refractivity contribution in [3.05, 3.63) is 62.3 Å². The SMILES string of the molecule is CC.NC(=O)N1CCC(CC(=O)N2CCC(C3c4ccc(Cl)cc4CCc4cc(Br)cnc43)CC2)CC1. The molecule has 0 spiro atoms. The minimum Gasteiger partial charge on any atom is -0.351 e. The lowest BCUT2D eigenvalue weighted by atomic mass is 9.76. The Balaban J connectivity index is 0.00000156. The molecule has 2 fully saturated rings. The average molecular weight is 590 g/mol. The maximum absolute atomic E-state index is 13.1. The Morgan fingerprint density at radius 2 is 1.65 bits per heavy atom. The summed E-state index contributed by atoms with van der Waals surface area (Å²) >= 11 is 9.96. The normalized spacial score (nSPS) is 20.3. The molecule has 8 heteroatoms. The highest BCUT2D eigenvalue weighted by atomic mass is 79.9. The molecule has 2 aromatic rings. The number of aryl methyl sites for hydroxylation is 2. The van der Waals surface area contributed by atoms with E-state index in [4.69, 9.17) is 22.3 Å². The summed E-state index contributed by atoms with van der Waals surface area (Å²) in [6, 6.07) is 8.16. The summed E-state index contributed by atoms with van der Waals surface area (Å²) in [5.74, 6) is 1.24. The summed E-state index contributed by atoms with van der Waals surface area (Å²) in [6.07, 6.45) is 8.04. The van der Waals surface area contributed by atoms with Crippen molar-refractivity contribution < 1.29 is 9.59 Å². The van der Waals surface area contributed by atoms with Crippen LogP contribution in [0.25, 0.3) is 0 Å². The van der Waals surface area contributed by atoms with Crippen molar-refractivity contribution in [1.29, 1.82) is 0 Å². The van der Waals surface area contributed by atoms with E-state index >= 15 is 0 Å². The highest BCUT2D eigenvalue weighted by molar-refractivity contribution is 9.10. The second-order valence-corrected chi connectivity index (χ2v) is 11.6. The Labute approximate surface area is 234 Å². The second kappa shape index (κ2) is 12.6. The number of nitrogens with two attached hydrogens (primary N) is 1. The van der Waals surface area contributed by atoms with Crippen LogP contribution in [0.5, 0.6) is 0 Å². The number of nitrogens with zero attached hydrogens (tertiary/aromatic N) is 3. The highest BCUT2D eigenvalue weighted by Crippen LogP contribution is 2.43. The number of pyridine rings is 1. The molecule has 1 unspecified atom stereocenters. The topological polar surface area (TPSA) is 79.5 Å². The van der Waals surface area contributed by atoms with Crippen molar-refractivity contribution in [2.75, 3.05) is 26.2 Å². The van der Waals surface area contributed by atoms with Crippen LogP contribution in [0.1, 0.15) is 74.3 Å². The zero-order valence-electron chi connectivity index (χ0n) is 21.9. The summed E-state index contributed by atoms with van der Waals surface area (Å²) < 4.78 is 1.01. The monoisotopic (exact) mass is 588 g/mol. The molecular weight excluding hydrogens is 552 g/mol. The van der Waals surface area contributed by atoms with Crippen molar-refractivity contribution >= 4 is 39.5 Å². The fourth-order valence-electron chi connectivity index (χ4n) is 6.18. The number of benzene rings is 1. The Bertz CT molecular complexity index is 1060. The molecule has 1 atom stereocenters. The Kier molecular flexibility index (Phi) is 9.51. The molecular formula is C29H38BrClN4O2. The summed E-state index contributed by atoms with van der Waals surface area (Å²) in [5, 5.41) is 0.782. The molecule has 0 saturated carbocycles. The first kappa shape index (κ1) is 27.9. The van der Waals surface area contributed by atoms with Crippen LogP contribution >= 0.6 is 27.5 Å². The standard InChI is InChI=1S/C27H32BrClN4O2.C2H6/c28-21-14-20-2-1-19-15-22(29)3-4-23(19)25(26(20)31-16-21)18-7-11-32(12-8-18)24(34)13-17-5-9-33(10-6-17)27(30)35;1-2/h3-4,14-18,25H,1-2,5-13H2,(H2,30,35);1-2H3. The fourth-order valence-corrected chi connectivity index (χ4v) is 6.75.